The Hall–Kier alpha value is 0.868. The van der Waals surface area contributed by atoms with E-state index in [-0.39, 0.29) is 7.32 Å². The first-order chi connectivity index (χ1) is 9.31. The van der Waals surface area contributed by atoms with Crippen molar-refractivity contribution < 1.29 is 0 Å². The summed E-state index contributed by atoms with van der Waals surface area (Å²) < 4.78 is 6.72. The Morgan fingerprint density at radius 1 is 0.500 bits per heavy atom. The maximum absolute atomic E-state index is 2.63. The molecule has 0 spiro atoms. The Morgan fingerprint density at radius 2 is 0.682 bits per heavy atom. The van der Waals surface area contributed by atoms with Gasteiger partial charge in [0, 0.05) is 0 Å². The third-order valence-corrected chi connectivity index (χ3v) is 30.6. The summed E-state index contributed by atoms with van der Waals surface area (Å²) in [6, 6.07) is 0. The van der Waals surface area contributed by atoms with E-state index in [4.69, 9.17) is 0 Å². The van der Waals surface area contributed by atoms with E-state index in [9.17, 15) is 0 Å². The lowest BCUT2D eigenvalue weighted by atomic mass is 11.3. The minimum Gasteiger partial charge on any atom is -0.269 e. The molecule has 0 aromatic heterocycles. The van der Waals surface area contributed by atoms with Gasteiger partial charge in [-0.25, -0.2) is 0 Å². The molecule has 0 bridgehead atoms. The van der Waals surface area contributed by atoms with Gasteiger partial charge in [0.15, 0.2) is 0 Å². The standard InChI is InChI=1S/C16H42NPSi4/c1-17(2)18(15(19(3,4)5)20(6,7)8)16(21(9,10)11)22(12,13)14/h1-14H3. The van der Waals surface area contributed by atoms with Gasteiger partial charge in [0.1, 0.15) is 0 Å². The lowest BCUT2D eigenvalue weighted by Gasteiger charge is -2.39. The van der Waals surface area contributed by atoms with Gasteiger partial charge in [-0.3, -0.25) is 4.67 Å². The quantitative estimate of drug-likeness (QED) is 0.423. The van der Waals surface area contributed by atoms with Crippen LogP contribution in [0.5, 0.6) is 0 Å². The van der Waals surface area contributed by atoms with E-state index in [0.717, 1.165) is 0 Å². The van der Waals surface area contributed by atoms with Gasteiger partial charge in [0.25, 0.3) is 0 Å². The Kier molecular flexibility index (Phi) is 7.28. The van der Waals surface area contributed by atoms with Gasteiger partial charge in [0.2, 0.25) is 0 Å². The van der Waals surface area contributed by atoms with Crippen LogP contribution in [0, 0.1) is 0 Å². The van der Waals surface area contributed by atoms with E-state index in [1.165, 1.54) is 0 Å². The molecule has 22 heavy (non-hydrogen) atoms. The van der Waals surface area contributed by atoms with Crippen LogP contribution in [-0.4, -0.2) is 60.1 Å². The molecule has 132 valence electrons. The number of hydrogen-bond acceptors (Lipinski definition) is 1. The summed E-state index contributed by atoms with van der Waals surface area (Å²) in [5, 5.41) is 0. The van der Waals surface area contributed by atoms with Gasteiger partial charge in [-0.1, -0.05) is 95.0 Å². The third-order valence-electron chi connectivity index (χ3n) is 3.67. The van der Waals surface area contributed by atoms with Crippen LogP contribution in [0.1, 0.15) is 0 Å². The minimum atomic E-state index is -1.28. The molecule has 1 nitrogen and oxygen atoms in total. The van der Waals surface area contributed by atoms with Gasteiger partial charge < -0.3 is 0 Å². The first-order valence-electron chi connectivity index (χ1n) is 8.54. The molecule has 0 fully saturated rings. The molecule has 0 saturated heterocycles. The number of hydrogen-bond donors (Lipinski definition) is 0. The molecule has 0 aromatic carbocycles. The van der Waals surface area contributed by atoms with Crippen LogP contribution in [0.3, 0.4) is 0 Å². The number of nitrogens with zero attached hydrogens (tertiary/aromatic N) is 1. The zero-order chi connectivity index (χ0) is 18.3. The van der Waals surface area contributed by atoms with Crippen LogP contribution < -0.4 is 0 Å². The van der Waals surface area contributed by atoms with Crippen molar-refractivity contribution in [2.75, 3.05) is 14.1 Å². The molecule has 0 N–H and O–H groups in total. The predicted octanol–water partition coefficient (Wildman–Crippen LogP) is 5.80. The van der Waals surface area contributed by atoms with Gasteiger partial charge >= 0.3 is 0 Å². The Morgan fingerprint density at radius 3 is 0.773 bits per heavy atom. The molecule has 0 amide bonds. The number of rotatable bonds is 5. The molecule has 0 atom stereocenters. The van der Waals surface area contributed by atoms with Gasteiger partial charge in [-0.2, -0.15) is 0 Å². The monoisotopic (exact) mass is 391 g/mol. The van der Waals surface area contributed by atoms with E-state index >= 15 is 0 Å². The molecule has 0 heterocycles. The van der Waals surface area contributed by atoms with Crippen LogP contribution >= 0.6 is 7.32 Å². The molecule has 0 unspecified atom stereocenters. The summed E-state index contributed by atoms with van der Waals surface area (Å²) in [5.74, 6) is 0. The lowest BCUT2D eigenvalue weighted by Crippen LogP contribution is -2.53. The predicted molar refractivity (Wildman–Crippen MR) is 124 cm³/mol. The Balaban J connectivity index is 7.44. The lowest BCUT2D eigenvalue weighted by molar-refractivity contribution is 0.698. The SMILES string of the molecule is CN(C)P(=C([Si](C)(C)C)[Si](C)(C)C)=C([Si](C)(C)C)[Si](C)(C)C. The first-order valence-corrected chi connectivity index (χ1v) is 23.8. The van der Waals surface area contributed by atoms with Crippen LogP contribution in [0.25, 0.3) is 0 Å². The largest absolute Gasteiger partial charge is 0.269 e. The van der Waals surface area contributed by atoms with Crippen molar-refractivity contribution in [1.29, 1.82) is 0 Å². The van der Waals surface area contributed by atoms with E-state index < -0.39 is 32.3 Å². The summed E-state index contributed by atoms with van der Waals surface area (Å²) in [7, 11) is -0.595. The smallest absolute Gasteiger partial charge is 0.0742 e. The average Bonchev–Trinajstić information content (AvgIpc) is 2.06. The van der Waals surface area contributed by atoms with E-state index in [1.807, 2.05) is 9.08 Å². The second kappa shape index (κ2) is 7.01. The van der Waals surface area contributed by atoms with Crippen molar-refractivity contribution in [3.8, 4) is 0 Å². The zero-order valence-corrected chi connectivity index (χ0v) is 22.8. The van der Waals surface area contributed by atoms with Crippen LogP contribution in [0.15, 0.2) is 0 Å². The average molecular weight is 392 g/mol. The third kappa shape index (κ3) is 6.06. The second-order valence-electron chi connectivity index (χ2n) is 10.9. The highest BCUT2D eigenvalue weighted by atomic mass is 31.1. The maximum atomic E-state index is 2.63. The van der Waals surface area contributed by atoms with Gasteiger partial charge in [-0.05, 0) is 14.1 Å². The molecule has 6 heteroatoms. The van der Waals surface area contributed by atoms with Gasteiger partial charge in [-0.15, -0.1) is 0 Å². The highest BCUT2D eigenvalue weighted by Crippen LogP contribution is 2.35. The fourth-order valence-corrected chi connectivity index (χ4v) is 38.3. The summed E-state index contributed by atoms with van der Waals surface area (Å²) in [5.41, 5.74) is 0. The minimum absolute atomic E-state index is 0.185. The first kappa shape index (κ1) is 22.9. The summed E-state index contributed by atoms with van der Waals surface area (Å²) in [6.45, 7) is 31.1. The van der Waals surface area contributed by atoms with Gasteiger partial charge in [0.05, 0.1) is 32.3 Å². The maximum Gasteiger partial charge on any atom is 0.0742 e. The van der Waals surface area contributed by atoms with Crippen molar-refractivity contribution in [3.05, 3.63) is 0 Å². The molecule has 0 aliphatic heterocycles. The topological polar surface area (TPSA) is 3.24 Å². The molecular weight excluding hydrogens is 350 g/mol. The molecule has 0 aliphatic carbocycles. The highest BCUT2D eigenvalue weighted by molar-refractivity contribution is 7.81. The summed E-state index contributed by atoms with van der Waals surface area (Å²) in [6.07, 6.45) is 0. The van der Waals surface area contributed by atoms with Crippen molar-refractivity contribution in [2.45, 2.75) is 78.6 Å². The van der Waals surface area contributed by atoms with Crippen molar-refractivity contribution in [1.82, 2.24) is 4.67 Å². The summed E-state index contributed by atoms with van der Waals surface area (Å²) >= 11 is 0. The molecule has 0 aliphatic rings. The molecule has 0 rings (SSSR count). The fourth-order valence-electron chi connectivity index (χ4n) is 4.03. The Bertz CT molecular complexity index is 416. The zero-order valence-electron chi connectivity index (χ0n) is 17.9. The van der Waals surface area contributed by atoms with Crippen LogP contribution in [0.4, 0.5) is 0 Å². The van der Waals surface area contributed by atoms with E-state index in [2.05, 4.69) is 97.3 Å². The molecule has 0 aromatic rings. The Labute approximate surface area is 146 Å². The van der Waals surface area contributed by atoms with E-state index in [1.54, 1.807) is 0 Å². The normalized spacial score (nSPS) is 14.3. The van der Waals surface area contributed by atoms with Crippen LogP contribution in [0.2, 0.25) is 78.6 Å². The molecule has 0 radical (unpaired) electrons. The summed E-state index contributed by atoms with van der Waals surface area (Å²) in [4.78, 5) is 0. The second-order valence-corrected chi connectivity index (χ2v) is 35.9. The molecular formula is C16H42NPSi4. The van der Waals surface area contributed by atoms with E-state index in [0.29, 0.717) is 0 Å². The highest BCUT2D eigenvalue weighted by Gasteiger charge is 2.38. The van der Waals surface area contributed by atoms with Crippen molar-refractivity contribution in [2.24, 2.45) is 0 Å². The molecule has 0 saturated carbocycles. The van der Waals surface area contributed by atoms with Crippen molar-refractivity contribution >= 4 is 48.7 Å². The fraction of sp³-hybridized carbons (Fsp3) is 0.875. The van der Waals surface area contributed by atoms with Crippen molar-refractivity contribution in [3.63, 3.8) is 0 Å². The van der Waals surface area contributed by atoms with Crippen LogP contribution in [-0.2, 0) is 0 Å².